The Balaban J connectivity index is 1.68. The minimum Gasteiger partial charge on any atom is -0.344 e. The molecule has 4 rings (SSSR count). The summed E-state index contributed by atoms with van der Waals surface area (Å²) in [6.07, 6.45) is 3.71. The van der Waals surface area contributed by atoms with Crippen LogP contribution in [0.3, 0.4) is 0 Å². The standard InChI is InChI=1S/C20H22N4OS/c1-13-22-17(12-26-13)19(25)23-16-9-20(2,3)10-18-15(16)11-21-24(18)14-7-5-4-6-8-14/h4-8,11-12,16H,9-10H2,1-3H3,(H,23,25)/t16-/m0/s1. The first-order valence-electron chi connectivity index (χ1n) is 8.78. The minimum atomic E-state index is -0.115. The van der Waals surface area contributed by atoms with Gasteiger partial charge in [0.1, 0.15) is 5.69 Å². The van der Waals surface area contributed by atoms with Crippen molar-refractivity contribution >= 4 is 17.2 Å². The molecule has 1 N–H and O–H groups in total. The molecular formula is C20H22N4OS. The molecule has 0 saturated heterocycles. The molecule has 1 amide bonds. The van der Waals surface area contributed by atoms with Gasteiger partial charge in [0.05, 0.1) is 28.6 Å². The topological polar surface area (TPSA) is 59.8 Å². The van der Waals surface area contributed by atoms with E-state index in [2.05, 4.69) is 41.4 Å². The summed E-state index contributed by atoms with van der Waals surface area (Å²) in [5, 5.41) is 10.5. The summed E-state index contributed by atoms with van der Waals surface area (Å²) in [4.78, 5) is 16.9. The molecule has 0 aliphatic heterocycles. The van der Waals surface area contributed by atoms with Gasteiger partial charge in [-0.1, -0.05) is 32.0 Å². The van der Waals surface area contributed by atoms with Crippen molar-refractivity contribution in [1.82, 2.24) is 20.1 Å². The van der Waals surface area contributed by atoms with E-state index in [0.717, 1.165) is 29.1 Å². The third-order valence-corrected chi connectivity index (χ3v) is 5.61. The van der Waals surface area contributed by atoms with E-state index in [1.165, 1.54) is 17.0 Å². The third kappa shape index (κ3) is 3.17. The molecule has 2 aromatic heterocycles. The van der Waals surface area contributed by atoms with Gasteiger partial charge < -0.3 is 5.32 Å². The maximum Gasteiger partial charge on any atom is 0.271 e. The van der Waals surface area contributed by atoms with Gasteiger partial charge >= 0.3 is 0 Å². The highest BCUT2D eigenvalue weighted by Gasteiger charge is 2.36. The summed E-state index contributed by atoms with van der Waals surface area (Å²) < 4.78 is 2.00. The second-order valence-corrected chi connectivity index (χ2v) is 8.68. The van der Waals surface area contributed by atoms with E-state index >= 15 is 0 Å². The van der Waals surface area contributed by atoms with Crippen molar-refractivity contribution in [2.24, 2.45) is 5.41 Å². The van der Waals surface area contributed by atoms with Gasteiger partial charge in [-0.05, 0) is 37.3 Å². The average Bonchev–Trinajstić information content (AvgIpc) is 3.21. The first-order valence-corrected chi connectivity index (χ1v) is 9.66. The van der Waals surface area contributed by atoms with E-state index in [1.807, 2.05) is 41.4 Å². The number of amides is 1. The van der Waals surface area contributed by atoms with Crippen LogP contribution in [0.15, 0.2) is 41.9 Å². The van der Waals surface area contributed by atoms with Gasteiger partial charge in [0, 0.05) is 10.9 Å². The minimum absolute atomic E-state index is 0.0549. The Morgan fingerprint density at radius 1 is 1.31 bits per heavy atom. The van der Waals surface area contributed by atoms with Gasteiger partial charge in [0.25, 0.3) is 5.91 Å². The number of hydrogen-bond donors (Lipinski definition) is 1. The third-order valence-electron chi connectivity index (χ3n) is 4.84. The predicted octanol–water partition coefficient (Wildman–Crippen LogP) is 4.08. The van der Waals surface area contributed by atoms with Crippen molar-refractivity contribution in [1.29, 1.82) is 0 Å². The quantitative estimate of drug-likeness (QED) is 0.760. The summed E-state index contributed by atoms with van der Waals surface area (Å²) in [5.41, 5.74) is 3.90. The Morgan fingerprint density at radius 2 is 2.08 bits per heavy atom. The molecule has 0 spiro atoms. The molecule has 3 aromatic rings. The van der Waals surface area contributed by atoms with Crippen molar-refractivity contribution in [3.8, 4) is 5.69 Å². The van der Waals surface area contributed by atoms with Crippen LogP contribution in [0.25, 0.3) is 5.69 Å². The van der Waals surface area contributed by atoms with Gasteiger partial charge in [0.2, 0.25) is 0 Å². The summed E-state index contributed by atoms with van der Waals surface area (Å²) in [6.45, 7) is 6.39. The van der Waals surface area contributed by atoms with Crippen molar-refractivity contribution in [2.45, 2.75) is 39.7 Å². The number of hydrogen-bond acceptors (Lipinski definition) is 4. The lowest BCUT2D eigenvalue weighted by Crippen LogP contribution is -2.36. The first kappa shape index (κ1) is 17.0. The number of aryl methyl sites for hydroxylation is 1. The number of para-hydroxylation sites is 1. The van der Waals surface area contributed by atoms with Gasteiger partial charge in [0.15, 0.2) is 0 Å². The first-order chi connectivity index (χ1) is 12.4. The van der Waals surface area contributed by atoms with Crippen LogP contribution >= 0.6 is 11.3 Å². The molecule has 2 heterocycles. The zero-order valence-electron chi connectivity index (χ0n) is 15.2. The predicted molar refractivity (Wildman–Crippen MR) is 103 cm³/mol. The highest BCUT2D eigenvalue weighted by molar-refractivity contribution is 7.09. The van der Waals surface area contributed by atoms with Crippen LogP contribution in [-0.2, 0) is 6.42 Å². The van der Waals surface area contributed by atoms with Gasteiger partial charge in [-0.2, -0.15) is 5.10 Å². The fourth-order valence-corrected chi connectivity index (χ4v) is 4.26. The monoisotopic (exact) mass is 366 g/mol. The fraction of sp³-hybridized carbons (Fsp3) is 0.350. The molecule has 0 saturated carbocycles. The number of carbonyl (C=O) groups excluding carboxylic acids is 1. The van der Waals surface area contributed by atoms with Crippen LogP contribution < -0.4 is 5.32 Å². The molecule has 0 bridgehead atoms. The number of nitrogens with one attached hydrogen (secondary N) is 1. The normalized spacial score (nSPS) is 18.3. The smallest absolute Gasteiger partial charge is 0.271 e. The molecule has 1 aromatic carbocycles. The molecule has 134 valence electrons. The Morgan fingerprint density at radius 3 is 2.77 bits per heavy atom. The van der Waals surface area contributed by atoms with E-state index in [0.29, 0.717) is 5.69 Å². The number of rotatable bonds is 3. The Labute approximate surface area is 157 Å². The Kier molecular flexibility index (Phi) is 4.15. The van der Waals surface area contributed by atoms with Crippen molar-refractivity contribution in [3.63, 3.8) is 0 Å². The van der Waals surface area contributed by atoms with Crippen LogP contribution in [-0.4, -0.2) is 20.7 Å². The van der Waals surface area contributed by atoms with E-state index in [9.17, 15) is 4.79 Å². The molecule has 0 unspecified atom stereocenters. The molecule has 6 heteroatoms. The van der Waals surface area contributed by atoms with Gasteiger partial charge in [-0.15, -0.1) is 11.3 Å². The van der Waals surface area contributed by atoms with E-state index in [4.69, 9.17) is 0 Å². The average molecular weight is 366 g/mol. The maximum absolute atomic E-state index is 12.6. The Bertz CT molecular complexity index is 942. The van der Waals surface area contributed by atoms with Crippen LogP contribution in [0.4, 0.5) is 0 Å². The summed E-state index contributed by atoms with van der Waals surface area (Å²) >= 11 is 1.49. The number of benzene rings is 1. The molecule has 5 nitrogen and oxygen atoms in total. The number of thiazole rings is 1. The molecule has 1 aliphatic carbocycles. The van der Waals surface area contributed by atoms with Crippen LogP contribution in [0.5, 0.6) is 0 Å². The van der Waals surface area contributed by atoms with Gasteiger partial charge in [-0.3, -0.25) is 4.79 Å². The summed E-state index contributed by atoms with van der Waals surface area (Å²) in [5.74, 6) is -0.115. The SMILES string of the molecule is Cc1nc(C(=O)N[C@H]2CC(C)(C)Cc3c2cnn3-c2ccccc2)cs1. The van der Waals surface area contributed by atoms with Crippen LogP contribution in [0.1, 0.15) is 53.1 Å². The second kappa shape index (κ2) is 6.36. The number of aromatic nitrogens is 3. The lowest BCUT2D eigenvalue weighted by molar-refractivity contribution is 0.0914. The summed E-state index contributed by atoms with van der Waals surface area (Å²) in [7, 11) is 0. The van der Waals surface area contributed by atoms with Gasteiger partial charge in [-0.25, -0.2) is 9.67 Å². The van der Waals surface area contributed by atoms with Crippen molar-refractivity contribution in [2.75, 3.05) is 0 Å². The van der Waals surface area contributed by atoms with Crippen molar-refractivity contribution in [3.05, 3.63) is 63.9 Å². The highest BCUT2D eigenvalue weighted by Crippen LogP contribution is 2.41. The second-order valence-electron chi connectivity index (χ2n) is 7.62. The van der Waals surface area contributed by atoms with E-state index in [-0.39, 0.29) is 17.4 Å². The molecule has 1 aliphatic rings. The van der Waals surface area contributed by atoms with E-state index in [1.54, 1.807) is 0 Å². The molecule has 0 radical (unpaired) electrons. The lowest BCUT2D eigenvalue weighted by atomic mass is 9.74. The number of carbonyl (C=O) groups is 1. The zero-order chi connectivity index (χ0) is 18.3. The van der Waals surface area contributed by atoms with E-state index < -0.39 is 0 Å². The lowest BCUT2D eigenvalue weighted by Gasteiger charge is -2.35. The molecule has 0 fully saturated rings. The zero-order valence-corrected chi connectivity index (χ0v) is 16.0. The van der Waals surface area contributed by atoms with Crippen molar-refractivity contribution < 1.29 is 4.79 Å². The van der Waals surface area contributed by atoms with Crippen LogP contribution in [0, 0.1) is 12.3 Å². The van der Waals surface area contributed by atoms with Crippen LogP contribution in [0.2, 0.25) is 0 Å². The molecule has 1 atom stereocenters. The fourth-order valence-electron chi connectivity index (χ4n) is 3.66. The number of nitrogens with zero attached hydrogens (tertiary/aromatic N) is 3. The largest absolute Gasteiger partial charge is 0.344 e. The summed E-state index contributed by atoms with van der Waals surface area (Å²) in [6, 6.07) is 10.1. The number of fused-ring (bicyclic) bond motifs is 1. The highest BCUT2D eigenvalue weighted by atomic mass is 32.1. The molecule has 26 heavy (non-hydrogen) atoms. The Hall–Kier alpha value is -2.47. The molecular weight excluding hydrogens is 344 g/mol. The maximum atomic E-state index is 12.6.